The third-order valence-corrected chi connectivity index (χ3v) is 3.97. The number of aliphatic imine (C=N–C) groups is 1. The van der Waals surface area contributed by atoms with Gasteiger partial charge in [0.05, 0.1) is 13.2 Å². The molecular weight excluding hydrogens is 272 g/mol. The predicted octanol–water partition coefficient (Wildman–Crippen LogP) is 0.471. The lowest BCUT2D eigenvalue weighted by molar-refractivity contribution is -0.0134. The molecule has 7 heteroatoms. The average Bonchev–Trinajstić information content (AvgIpc) is 3.01. The van der Waals surface area contributed by atoms with Crippen LogP contribution in [-0.4, -0.2) is 61.6 Å². The molecule has 1 aromatic heterocycles. The van der Waals surface area contributed by atoms with Gasteiger partial charge in [0.2, 0.25) is 0 Å². The highest BCUT2D eigenvalue weighted by atomic mass is 16.5. The second-order valence-corrected chi connectivity index (χ2v) is 5.52. The van der Waals surface area contributed by atoms with Crippen LogP contribution >= 0.6 is 0 Å². The SMILES string of the molecule is CN=C(NCC1(CO)CCOCC1)N(C)Cc1ccon1. The van der Waals surface area contributed by atoms with Crippen molar-refractivity contribution in [1.82, 2.24) is 15.4 Å². The fourth-order valence-electron chi connectivity index (χ4n) is 2.48. The highest BCUT2D eigenvalue weighted by Gasteiger charge is 2.32. The van der Waals surface area contributed by atoms with Crippen molar-refractivity contribution in [2.24, 2.45) is 10.4 Å². The summed E-state index contributed by atoms with van der Waals surface area (Å²) in [5, 5.41) is 16.9. The minimum absolute atomic E-state index is 0.122. The van der Waals surface area contributed by atoms with Crippen LogP contribution in [0.4, 0.5) is 0 Å². The van der Waals surface area contributed by atoms with Gasteiger partial charge in [-0.05, 0) is 12.8 Å². The lowest BCUT2D eigenvalue weighted by atomic mass is 9.81. The Morgan fingerprint density at radius 3 is 2.86 bits per heavy atom. The van der Waals surface area contributed by atoms with Crippen molar-refractivity contribution in [1.29, 1.82) is 0 Å². The molecule has 1 fully saturated rings. The second-order valence-electron chi connectivity index (χ2n) is 5.52. The van der Waals surface area contributed by atoms with Crippen molar-refractivity contribution in [2.75, 3.05) is 40.5 Å². The standard InChI is InChI=1S/C14H24N4O3/c1-15-13(18(2)9-12-3-6-21-17-12)16-10-14(11-19)4-7-20-8-5-14/h3,6,19H,4-5,7-11H2,1-2H3,(H,15,16). The van der Waals surface area contributed by atoms with Gasteiger partial charge in [-0.1, -0.05) is 5.16 Å². The molecule has 0 atom stereocenters. The van der Waals surface area contributed by atoms with Crippen LogP contribution in [-0.2, 0) is 11.3 Å². The van der Waals surface area contributed by atoms with E-state index in [0.29, 0.717) is 26.3 Å². The summed E-state index contributed by atoms with van der Waals surface area (Å²) >= 11 is 0. The van der Waals surface area contributed by atoms with Crippen molar-refractivity contribution >= 4 is 5.96 Å². The molecule has 0 bridgehead atoms. The van der Waals surface area contributed by atoms with Gasteiger partial charge in [0.15, 0.2) is 5.96 Å². The van der Waals surface area contributed by atoms with E-state index in [1.165, 1.54) is 0 Å². The van der Waals surface area contributed by atoms with Crippen molar-refractivity contribution in [3.63, 3.8) is 0 Å². The van der Waals surface area contributed by atoms with Crippen molar-refractivity contribution in [2.45, 2.75) is 19.4 Å². The van der Waals surface area contributed by atoms with Crippen molar-refractivity contribution in [3.05, 3.63) is 18.0 Å². The molecule has 2 heterocycles. The van der Waals surface area contributed by atoms with E-state index < -0.39 is 0 Å². The van der Waals surface area contributed by atoms with E-state index in [-0.39, 0.29) is 12.0 Å². The maximum absolute atomic E-state index is 9.70. The highest BCUT2D eigenvalue weighted by Crippen LogP contribution is 2.28. The number of rotatable bonds is 5. The number of aliphatic hydroxyl groups excluding tert-OH is 1. The largest absolute Gasteiger partial charge is 0.396 e. The number of aromatic nitrogens is 1. The van der Waals surface area contributed by atoms with E-state index in [1.807, 2.05) is 18.0 Å². The molecule has 0 spiro atoms. The van der Waals surface area contributed by atoms with Crippen LogP contribution < -0.4 is 5.32 Å². The minimum Gasteiger partial charge on any atom is -0.396 e. The van der Waals surface area contributed by atoms with Gasteiger partial charge in [0.25, 0.3) is 0 Å². The summed E-state index contributed by atoms with van der Waals surface area (Å²) in [4.78, 5) is 6.25. The Labute approximate surface area is 125 Å². The number of nitrogens with zero attached hydrogens (tertiary/aromatic N) is 3. The van der Waals surface area contributed by atoms with Crippen LogP contribution in [0.5, 0.6) is 0 Å². The molecule has 2 rings (SSSR count). The molecule has 1 aliphatic rings. The second kappa shape index (κ2) is 7.42. The molecular formula is C14H24N4O3. The molecule has 0 unspecified atom stereocenters. The van der Waals surface area contributed by atoms with Gasteiger partial charge in [-0.25, -0.2) is 0 Å². The third kappa shape index (κ3) is 4.18. The normalized spacial score (nSPS) is 18.5. The minimum atomic E-state index is -0.122. The third-order valence-electron chi connectivity index (χ3n) is 3.97. The monoisotopic (exact) mass is 296 g/mol. The Bertz CT molecular complexity index is 441. The Balaban J connectivity index is 1.89. The van der Waals surface area contributed by atoms with Crippen molar-refractivity contribution in [3.8, 4) is 0 Å². The molecule has 0 amide bonds. The fourth-order valence-corrected chi connectivity index (χ4v) is 2.48. The summed E-state index contributed by atoms with van der Waals surface area (Å²) in [7, 11) is 3.69. The number of hydrogen-bond acceptors (Lipinski definition) is 5. The van der Waals surface area contributed by atoms with Gasteiger partial charge in [0, 0.05) is 45.3 Å². The van der Waals surface area contributed by atoms with E-state index in [9.17, 15) is 5.11 Å². The van der Waals surface area contributed by atoms with Gasteiger partial charge < -0.3 is 24.6 Å². The summed E-state index contributed by atoms with van der Waals surface area (Å²) in [6.45, 7) is 2.87. The first-order valence-corrected chi connectivity index (χ1v) is 7.19. The Kier molecular flexibility index (Phi) is 5.58. The summed E-state index contributed by atoms with van der Waals surface area (Å²) in [6, 6.07) is 1.83. The highest BCUT2D eigenvalue weighted by molar-refractivity contribution is 5.79. The van der Waals surface area contributed by atoms with Gasteiger partial charge in [-0.2, -0.15) is 0 Å². The maximum atomic E-state index is 9.70. The number of ether oxygens (including phenoxy) is 1. The lowest BCUT2D eigenvalue weighted by Gasteiger charge is -2.36. The molecule has 1 aromatic rings. The molecule has 0 saturated carbocycles. The molecule has 7 nitrogen and oxygen atoms in total. The average molecular weight is 296 g/mol. The van der Waals surface area contributed by atoms with Gasteiger partial charge in [-0.3, -0.25) is 4.99 Å². The van der Waals surface area contributed by atoms with Gasteiger partial charge >= 0.3 is 0 Å². The number of guanidine groups is 1. The Morgan fingerprint density at radius 2 is 2.29 bits per heavy atom. The van der Waals surface area contributed by atoms with Crippen LogP contribution in [0.3, 0.4) is 0 Å². The quantitative estimate of drug-likeness (QED) is 0.607. The van der Waals surface area contributed by atoms with Gasteiger partial charge in [-0.15, -0.1) is 0 Å². The summed E-state index contributed by atoms with van der Waals surface area (Å²) in [6.07, 6.45) is 3.28. The number of nitrogens with one attached hydrogen (secondary N) is 1. The smallest absolute Gasteiger partial charge is 0.193 e. The van der Waals surface area contributed by atoms with E-state index in [4.69, 9.17) is 9.26 Å². The molecule has 0 aliphatic carbocycles. The molecule has 0 aromatic carbocycles. The zero-order chi connectivity index (χ0) is 15.1. The van der Waals surface area contributed by atoms with E-state index in [1.54, 1.807) is 13.3 Å². The molecule has 1 aliphatic heterocycles. The first-order chi connectivity index (χ1) is 10.2. The predicted molar refractivity (Wildman–Crippen MR) is 78.9 cm³/mol. The van der Waals surface area contributed by atoms with Crippen LogP contribution in [0.25, 0.3) is 0 Å². The molecule has 118 valence electrons. The molecule has 0 radical (unpaired) electrons. The lowest BCUT2D eigenvalue weighted by Crippen LogP contribution is -2.47. The zero-order valence-electron chi connectivity index (χ0n) is 12.7. The number of hydrogen-bond donors (Lipinski definition) is 2. The topological polar surface area (TPSA) is 83.1 Å². The maximum Gasteiger partial charge on any atom is 0.193 e. The molecule has 1 saturated heterocycles. The fraction of sp³-hybridized carbons (Fsp3) is 0.714. The summed E-state index contributed by atoms with van der Waals surface area (Å²) < 4.78 is 10.2. The van der Waals surface area contributed by atoms with E-state index in [0.717, 1.165) is 24.5 Å². The Hall–Kier alpha value is -1.60. The Morgan fingerprint density at radius 1 is 1.52 bits per heavy atom. The van der Waals surface area contributed by atoms with Crippen LogP contribution in [0.1, 0.15) is 18.5 Å². The van der Waals surface area contributed by atoms with Crippen molar-refractivity contribution < 1.29 is 14.4 Å². The van der Waals surface area contributed by atoms with E-state index >= 15 is 0 Å². The molecule has 2 N–H and O–H groups in total. The molecule has 21 heavy (non-hydrogen) atoms. The zero-order valence-corrected chi connectivity index (χ0v) is 12.7. The summed E-state index contributed by atoms with van der Waals surface area (Å²) in [5.41, 5.74) is 0.728. The first-order valence-electron chi connectivity index (χ1n) is 7.19. The van der Waals surface area contributed by atoms with Crippen LogP contribution in [0.2, 0.25) is 0 Å². The van der Waals surface area contributed by atoms with E-state index in [2.05, 4.69) is 15.5 Å². The first kappa shape index (κ1) is 15.8. The summed E-state index contributed by atoms with van der Waals surface area (Å²) in [5.74, 6) is 0.775. The van der Waals surface area contributed by atoms with Gasteiger partial charge in [0.1, 0.15) is 12.0 Å². The van der Waals surface area contributed by atoms with Crippen LogP contribution in [0, 0.1) is 5.41 Å². The van der Waals surface area contributed by atoms with Crippen LogP contribution in [0.15, 0.2) is 21.8 Å². The number of aliphatic hydroxyl groups is 1.